The van der Waals surface area contributed by atoms with Gasteiger partial charge in [0, 0.05) is 17.8 Å². The molecule has 24 heavy (non-hydrogen) atoms. The molecule has 1 aliphatic carbocycles. The Hall–Kier alpha value is -2.30. The number of aryl methyl sites for hydroxylation is 1. The van der Waals surface area contributed by atoms with Crippen LogP contribution in [0.4, 0.5) is 0 Å². The first-order valence-electron chi connectivity index (χ1n) is 8.89. The Kier molecular flexibility index (Phi) is 5.51. The van der Waals surface area contributed by atoms with Gasteiger partial charge in [-0.1, -0.05) is 43.9 Å². The third kappa shape index (κ3) is 4.37. The Balaban J connectivity index is 1.62. The number of nitrogens with two attached hydrogens (primary N) is 1. The monoisotopic (exact) mass is 325 g/mol. The van der Waals surface area contributed by atoms with E-state index in [4.69, 9.17) is 5.73 Å². The van der Waals surface area contributed by atoms with Crippen molar-refractivity contribution in [3.8, 4) is 5.69 Å². The summed E-state index contributed by atoms with van der Waals surface area (Å²) < 4.78 is 1.90. The van der Waals surface area contributed by atoms with Crippen LogP contribution in [0.3, 0.4) is 0 Å². The van der Waals surface area contributed by atoms with Crippen LogP contribution in [0.2, 0.25) is 0 Å². The Morgan fingerprint density at radius 1 is 1.21 bits per heavy atom. The van der Waals surface area contributed by atoms with Gasteiger partial charge in [-0.25, -0.2) is 9.67 Å². The van der Waals surface area contributed by atoms with Gasteiger partial charge in [0.1, 0.15) is 0 Å². The first-order valence-corrected chi connectivity index (χ1v) is 8.89. The summed E-state index contributed by atoms with van der Waals surface area (Å²) in [5, 5.41) is 7.96. The van der Waals surface area contributed by atoms with Crippen LogP contribution in [0.1, 0.15) is 49.8 Å². The molecular weight excluding hydrogens is 298 g/mol. The lowest BCUT2D eigenvalue weighted by Crippen LogP contribution is -2.39. The van der Waals surface area contributed by atoms with Crippen LogP contribution in [0.5, 0.6) is 0 Å². The molecule has 0 bridgehead atoms. The van der Waals surface area contributed by atoms with E-state index in [0.717, 1.165) is 16.9 Å². The van der Waals surface area contributed by atoms with Gasteiger partial charge in [-0.2, -0.15) is 5.10 Å². The summed E-state index contributed by atoms with van der Waals surface area (Å²) in [5.74, 6) is 0.550. The Morgan fingerprint density at radius 2 is 1.92 bits per heavy atom. The van der Waals surface area contributed by atoms with E-state index in [1.165, 1.54) is 38.5 Å². The van der Waals surface area contributed by atoms with Crippen LogP contribution < -0.4 is 11.1 Å². The van der Waals surface area contributed by atoms with Gasteiger partial charge in [-0.3, -0.25) is 0 Å². The van der Waals surface area contributed by atoms with Crippen LogP contribution in [0.15, 0.2) is 41.5 Å². The Labute approximate surface area is 144 Å². The van der Waals surface area contributed by atoms with Crippen LogP contribution in [-0.4, -0.2) is 21.8 Å². The molecule has 0 radical (unpaired) electrons. The number of hydrogen-bond acceptors (Lipinski definition) is 2. The standard InChI is InChI=1S/C19H27N5/c1-15-16(14-24(23-15)18-11-7-4-8-12-18)13-21-19(20)22-17-9-5-2-3-6-10-17/h4,7-8,11-12,14,17H,2-3,5-6,9-10,13H2,1H3,(H3,20,21,22). The SMILES string of the molecule is Cc1nn(-c2ccccc2)cc1CN=C(N)NC1CCCCCC1. The molecular formula is C19H27N5. The predicted octanol–water partition coefficient (Wildman–Crippen LogP) is 3.31. The highest BCUT2D eigenvalue weighted by molar-refractivity contribution is 5.78. The minimum absolute atomic E-state index is 0.476. The quantitative estimate of drug-likeness (QED) is 0.515. The van der Waals surface area contributed by atoms with Crippen molar-refractivity contribution < 1.29 is 0 Å². The van der Waals surface area contributed by atoms with E-state index in [1.807, 2.05) is 48.1 Å². The maximum Gasteiger partial charge on any atom is 0.189 e. The van der Waals surface area contributed by atoms with Crippen LogP contribution in [0.25, 0.3) is 5.69 Å². The number of nitrogens with zero attached hydrogens (tertiary/aromatic N) is 3. The van der Waals surface area contributed by atoms with Gasteiger partial charge in [0.15, 0.2) is 5.96 Å². The summed E-state index contributed by atoms with van der Waals surface area (Å²) in [4.78, 5) is 4.52. The Bertz CT molecular complexity index is 666. The minimum atomic E-state index is 0.476. The molecule has 3 rings (SSSR count). The second kappa shape index (κ2) is 7.99. The molecule has 1 saturated carbocycles. The molecule has 5 heteroatoms. The normalized spacial score (nSPS) is 16.8. The van der Waals surface area contributed by atoms with Gasteiger partial charge in [0.2, 0.25) is 0 Å². The average Bonchev–Trinajstić information content (AvgIpc) is 2.79. The topological polar surface area (TPSA) is 68.2 Å². The molecule has 1 fully saturated rings. The average molecular weight is 325 g/mol. The molecule has 1 heterocycles. The third-order valence-electron chi connectivity index (χ3n) is 4.65. The van der Waals surface area contributed by atoms with E-state index in [0.29, 0.717) is 18.5 Å². The fraction of sp³-hybridized carbons (Fsp3) is 0.474. The number of para-hydroxylation sites is 1. The van der Waals surface area contributed by atoms with E-state index in [1.54, 1.807) is 0 Å². The summed E-state index contributed by atoms with van der Waals surface area (Å²) >= 11 is 0. The molecule has 1 aromatic heterocycles. The summed E-state index contributed by atoms with van der Waals surface area (Å²) in [5.41, 5.74) is 9.23. The molecule has 128 valence electrons. The lowest BCUT2D eigenvalue weighted by molar-refractivity contribution is 0.530. The first kappa shape index (κ1) is 16.6. The van der Waals surface area contributed by atoms with E-state index in [2.05, 4.69) is 15.4 Å². The van der Waals surface area contributed by atoms with Gasteiger partial charge < -0.3 is 11.1 Å². The lowest BCUT2D eigenvalue weighted by atomic mass is 10.1. The highest BCUT2D eigenvalue weighted by Gasteiger charge is 2.12. The molecule has 3 N–H and O–H groups in total. The number of aromatic nitrogens is 2. The number of aliphatic imine (C=N–C) groups is 1. The molecule has 1 aliphatic rings. The fourth-order valence-corrected chi connectivity index (χ4v) is 3.21. The molecule has 0 amide bonds. The van der Waals surface area contributed by atoms with E-state index in [-0.39, 0.29) is 0 Å². The van der Waals surface area contributed by atoms with Gasteiger partial charge in [0.05, 0.1) is 17.9 Å². The number of hydrogen-bond donors (Lipinski definition) is 2. The van der Waals surface area contributed by atoms with Crippen molar-refractivity contribution in [3.63, 3.8) is 0 Å². The second-order valence-electron chi connectivity index (χ2n) is 6.55. The van der Waals surface area contributed by atoms with Crippen LogP contribution in [0, 0.1) is 6.92 Å². The summed E-state index contributed by atoms with van der Waals surface area (Å²) in [6.07, 6.45) is 9.68. The molecule has 1 aromatic carbocycles. The van der Waals surface area contributed by atoms with Crippen molar-refractivity contribution in [2.24, 2.45) is 10.7 Å². The molecule has 2 aromatic rings. The maximum atomic E-state index is 6.08. The van der Waals surface area contributed by atoms with Crippen LogP contribution >= 0.6 is 0 Å². The van der Waals surface area contributed by atoms with Crippen LogP contribution in [-0.2, 0) is 6.54 Å². The fourth-order valence-electron chi connectivity index (χ4n) is 3.21. The molecule has 0 atom stereocenters. The van der Waals surface area contributed by atoms with Gasteiger partial charge in [-0.15, -0.1) is 0 Å². The second-order valence-corrected chi connectivity index (χ2v) is 6.55. The Morgan fingerprint density at radius 3 is 2.62 bits per heavy atom. The smallest absolute Gasteiger partial charge is 0.189 e. The van der Waals surface area contributed by atoms with Crippen molar-refractivity contribution in [2.45, 2.75) is 58.0 Å². The molecule has 0 spiro atoms. The van der Waals surface area contributed by atoms with E-state index in [9.17, 15) is 0 Å². The van der Waals surface area contributed by atoms with Gasteiger partial charge in [-0.05, 0) is 31.9 Å². The minimum Gasteiger partial charge on any atom is -0.370 e. The van der Waals surface area contributed by atoms with Crippen molar-refractivity contribution in [1.29, 1.82) is 0 Å². The first-order chi connectivity index (χ1) is 11.7. The van der Waals surface area contributed by atoms with Crippen molar-refractivity contribution in [1.82, 2.24) is 15.1 Å². The summed E-state index contributed by atoms with van der Waals surface area (Å²) in [7, 11) is 0. The third-order valence-corrected chi connectivity index (χ3v) is 4.65. The molecule has 5 nitrogen and oxygen atoms in total. The van der Waals surface area contributed by atoms with E-state index >= 15 is 0 Å². The largest absolute Gasteiger partial charge is 0.370 e. The van der Waals surface area contributed by atoms with Crippen molar-refractivity contribution in [3.05, 3.63) is 47.8 Å². The zero-order valence-electron chi connectivity index (χ0n) is 14.4. The predicted molar refractivity (Wildman–Crippen MR) is 98.3 cm³/mol. The molecule has 0 aliphatic heterocycles. The maximum absolute atomic E-state index is 6.08. The number of benzene rings is 1. The highest BCUT2D eigenvalue weighted by Crippen LogP contribution is 2.17. The zero-order chi connectivity index (χ0) is 16.8. The highest BCUT2D eigenvalue weighted by atomic mass is 15.3. The molecule has 0 unspecified atom stereocenters. The van der Waals surface area contributed by atoms with Crippen molar-refractivity contribution in [2.75, 3.05) is 0 Å². The number of rotatable bonds is 4. The zero-order valence-corrected chi connectivity index (χ0v) is 14.4. The van der Waals surface area contributed by atoms with Gasteiger partial charge in [0.25, 0.3) is 0 Å². The van der Waals surface area contributed by atoms with Crippen molar-refractivity contribution >= 4 is 5.96 Å². The lowest BCUT2D eigenvalue weighted by Gasteiger charge is -2.16. The summed E-state index contributed by atoms with van der Waals surface area (Å²) in [6.45, 7) is 2.57. The number of nitrogens with one attached hydrogen (secondary N) is 1. The number of guanidine groups is 1. The molecule has 0 saturated heterocycles. The van der Waals surface area contributed by atoms with Gasteiger partial charge >= 0.3 is 0 Å². The van der Waals surface area contributed by atoms with E-state index < -0.39 is 0 Å². The summed E-state index contributed by atoms with van der Waals surface area (Å²) in [6, 6.07) is 10.6.